The lowest BCUT2D eigenvalue weighted by molar-refractivity contribution is -0.263. The number of amides is 1. The zero-order valence-corrected chi connectivity index (χ0v) is 15.7. The van der Waals surface area contributed by atoms with Crippen molar-refractivity contribution in [3.05, 3.63) is 46.4 Å². The summed E-state index contributed by atoms with van der Waals surface area (Å²) in [5, 5.41) is 10.1. The molecule has 0 saturated heterocycles. The number of carbonyl (C=O) groups is 1. The maximum absolute atomic E-state index is 13.6. The van der Waals surface area contributed by atoms with Gasteiger partial charge in [0.15, 0.2) is 0 Å². The van der Waals surface area contributed by atoms with E-state index in [0.717, 1.165) is 18.2 Å². The zero-order chi connectivity index (χ0) is 21.8. The van der Waals surface area contributed by atoms with Crippen LogP contribution >= 0.6 is 11.6 Å². The number of ether oxygens (including phenoxy) is 1. The molecule has 29 heavy (non-hydrogen) atoms. The number of benzene rings is 1. The first-order valence-corrected chi connectivity index (χ1v) is 8.66. The van der Waals surface area contributed by atoms with E-state index in [1.54, 1.807) is 0 Å². The van der Waals surface area contributed by atoms with Crippen LogP contribution in [0.3, 0.4) is 0 Å². The van der Waals surface area contributed by atoms with Crippen LogP contribution in [0.4, 0.5) is 17.6 Å². The van der Waals surface area contributed by atoms with Crippen LogP contribution in [0.1, 0.15) is 18.2 Å². The number of nitrogens with two attached hydrogens (primary N) is 2. The summed E-state index contributed by atoms with van der Waals surface area (Å²) in [6.07, 6.45) is -5.17. The summed E-state index contributed by atoms with van der Waals surface area (Å²) in [6.45, 7) is -0.106. The molecule has 0 saturated carbocycles. The van der Waals surface area contributed by atoms with Gasteiger partial charge in [-0.05, 0) is 31.2 Å². The molecule has 2 heterocycles. The lowest BCUT2D eigenvalue weighted by atomic mass is 9.82. The van der Waals surface area contributed by atoms with Gasteiger partial charge < -0.3 is 21.3 Å². The van der Waals surface area contributed by atoms with Crippen LogP contribution in [0.25, 0.3) is 11.3 Å². The van der Waals surface area contributed by atoms with E-state index in [1.165, 1.54) is 13.0 Å². The van der Waals surface area contributed by atoms with Gasteiger partial charge in [0.25, 0.3) is 0 Å². The molecule has 0 radical (unpaired) electrons. The van der Waals surface area contributed by atoms with E-state index in [4.69, 9.17) is 27.8 Å². The highest BCUT2D eigenvalue weighted by atomic mass is 35.5. The van der Waals surface area contributed by atoms with Crippen molar-refractivity contribution in [2.24, 2.45) is 11.5 Å². The number of primary amides is 1. The minimum Gasteiger partial charge on any atom is -0.489 e. The molecule has 6 nitrogen and oxygen atoms in total. The third-order valence-corrected chi connectivity index (χ3v) is 5.30. The van der Waals surface area contributed by atoms with Gasteiger partial charge in [0.2, 0.25) is 11.5 Å². The first-order valence-electron chi connectivity index (χ1n) is 8.28. The standard InChI is InChI=1S/C18H16ClF4N3O3/c1-16(15(25)27)7-29-14-10(16)5-12(17(28,6-24)18(21,22)23)26-13(14)9-3-2-8(20)4-11(9)19/h2-5,28H,6-7,24H2,1H3,(H2,25,27)/t16-,17?/m0/s1. The second kappa shape index (κ2) is 6.82. The van der Waals surface area contributed by atoms with Crippen LogP contribution in [-0.2, 0) is 15.8 Å². The lowest BCUT2D eigenvalue weighted by Crippen LogP contribution is -2.49. The Hall–Kier alpha value is -2.43. The molecule has 2 atom stereocenters. The van der Waals surface area contributed by atoms with Gasteiger partial charge in [0.1, 0.15) is 29.3 Å². The predicted molar refractivity (Wildman–Crippen MR) is 95.7 cm³/mol. The molecule has 0 bridgehead atoms. The van der Waals surface area contributed by atoms with E-state index >= 15 is 0 Å². The third-order valence-electron chi connectivity index (χ3n) is 4.99. The normalized spacial score (nSPS) is 20.7. The van der Waals surface area contributed by atoms with E-state index in [-0.39, 0.29) is 34.2 Å². The van der Waals surface area contributed by atoms with E-state index in [1.807, 2.05) is 0 Å². The zero-order valence-electron chi connectivity index (χ0n) is 15.0. The molecule has 1 aliphatic rings. The first-order chi connectivity index (χ1) is 13.3. The van der Waals surface area contributed by atoms with Crippen molar-refractivity contribution in [1.29, 1.82) is 0 Å². The summed E-state index contributed by atoms with van der Waals surface area (Å²) in [5.41, 5.74) is 4.63. The van der Waals surface area contributed by atoms with Crippen LogP contribution < -0.4 is 16.2 Å². The smallest absolute Gasteiger partial charge is 0.424 e. The van der Waals surface area contributed by atoms with Crippen molar-refractivity contribution in [3.63, 3.8) is 0 Å². The quantitative estimate of drug-likeness (QED) is 0.641. The molecule has 2 aromatic rings. The second-order valence-electron chi connectivity index (χ2n) is 6.90. The summed E-state index contributed by atoms with van der Waals surface area (Å²) in [6, 6.07) is 4.07. The maximum atomic E-state index is 13.6. The number of alkyl halides is 3. The second-order valence-corrected chi connectivity index (χ2v) is 7.31. The minimum absolute atomic E-state index is 0.0125. The van der Waals surface area contributed by atoms with Crippen LogP contribution in [0.15, 0.2) is 24.3 Å². The highest BCUT2D eigenvalue weighted by molar-refractivity contribution is 6.33. The SMILES string of the molecule is C[C@]1(C(N)=O)COc2c1cc(C(O)(CN)C(F)(F)F)nc2-c1ccc(F)cc1Cl. The number of carbonyl (C=O) groups excluding carboxylic acids is 1. The Labute approximate surface area is 167 Å². The lowest BCUT2D eigenvalue weighted by Gasteiger charge is -2.30. The Morgan fingerprint density at radius 2 is 2.03 bits per heavy atom. The van der Waals surface area contributed by atoms with Crippen molar-refractivity contribution < 1.29 is 32.2 Å². The summed E-state index contributed by atoms with van der Waals surface area (Å²) in [4.78, 5) is 15.9. The van der Waals surface area contributed by atoms with Crippen molar-refractivity contribution in [3.8, 4) is 17.0 Å². The molecule has 0 spiro atoms. The topological polar surface area (TPSA) is 111 Å². The molecule has 0 aliphatic carbocycles. The predicted octanol–water partition coefficient (Wildman–Crippen LogP) is 2.39. The van der Waals surface area contributed by atoms with Gasteiger partial charge in [-0.1, -0.05) is 11.6 Å². The Kier molecular flexibility index (Phi) is 5.01. The number of rotatable bonds is 4. The largest absolute Gasteiger partial charge is 0.489 e. The number of halogens is 5. The maximum Gasteiger partial charge on any atom is 0.424 e. The number of hydrogen-bond acceptors (Lipinski definition) is 5. The average Bonchev–Trinajstić information content (AvgIpc) is 2.98. The molecule has 3 rings (SSSR count). The van der Waals surface area contributed by atoms with Crippen LogP contribution in [-0.4, -0.2) is 35.3 Å². The monoisotopic (exact) mass is 433 g/mol. The molecular formula is C18H16ClF4N3O3. The number of hydrogen-bond donors (Lipinski definition) is 3. The fraction of sp³-hybridized carbons (Fsp3) is 0.333. The number of nitrogens with zero attached hydrogens (tertiary/aromatic N) is 1. The molecule has 1 aliphatic heterocycles. The summed E-state index contributed by atoms with van der Waals surface area (Å²) >= 11 is 6.05. The van der Waals surface area contributed by atoms with Gasteiger partial charge in [-0.15, -0.1) is 0 Å². The highest BCUT2D eigenvalue weighted by Crippen LogP contribution is 2.48. The summed E-state index contributed by atoms with van der Waals surface area (Å²) < 4.78 is 59.7. The van der Waals surface area contributed by atoms with E-state index in [9.17, 15) is 27.5 Å². The highest BCUT2D eigenvalue weighted by Gasteiger charge is 2.56. The molecule has 1 amide bonds. The molecular weight excluding hydrogens is 418 g/mol. The number of aromatic nitrogens is 1. The molecule has 1 unspecified atom stereocenters. The van der Waals surface area contributed by atoms with Crippen LogP contribution in [0.5, 0.6) is 5.75 Å². The van der Waals surface area contributed by atoms with Crippen molar-refractivity contribution in [2.75, 3.05) is 13.2 Å². The van der Waals surface area contributed by atoms with Gasteiger partial charge in [0, 0.05) is 17.7 Å². The molecule has 5 N–H and O–H groups in total. The van der Waals surface area contributed by atoms with Crippen LogP contribution in [0.2, 0.25) is 5.02 Å². The first kappa shape index (κ1) is 21.3. The fourth-order valence-electron chi connectivity index (χ4n) is 3.03. The van der Waals surface area contributed by atoms with Gasteiger partial charge in [-0.2, -0.15) is 13.2 Å². The van der Waals surface area contributed by atoms with Crippen molar-refractivity contribution in [2.45, 2.75) is 24.1 Å². The van der Waals surface area contributed by atoms with Crippen molar-refractivity contribution in [1.82, 2.24) is 4.98 Å². The van der Waals surface area contributed by atoms with Gasteiger partial charge in [-0.25, -0.2) is 9.37 Å². The number of pyridine rings is 1. The van der Waals surface area contributed by atoms with Gasteiger partial charge in [0.05, 0.1) is 10.7 Å². The van der Waals surface area contributed by atoms with Gasteiger partial charge in [-0.3, -0.25) is 4.79 Å². The van der Waals surface area contributed by atoms with E-state index in [0.29, 0.717) is 0 Å². The molecule has 1 aromatic heterocycles. The molecule has 156 valence electrons. The summed E-state index contributed by atoms with van der Waals surface area (Å²) in [7, 11) is 0. The molecule has 11 heteroatoms. The van der Waals surface area contributed by atoms with Crippen molar-refractivity contribution >= 4 is 17.5 Å². The molecule has 1 aromatic carbocycles. The van der Waals surface area contributed by atoms with Crippen LogP contribution in [0, 0.1) is 5.82 Å². The Morgan fingerprint density at radius 3 is 2.55 bits per heavy atom. The fourth-order valence-corrected chi connectivity index (χ4v) is 3.29. The average molecular weight is 434 g/mol. The Bertz CT molecular complexity index is 1000. The third kappa shape index (κ3) is 3.21. The van der Waals surface area contributed by atoms with E-state index in [2.05, 4.69) is 4.98 Å². The van der Waals surface area contributed by atoms with E-state index < -0.39 is 41.2 Å². The Balaban J connectivity index is 2.38. The number of fused-ring (bicyclic) bond motifs is 1. The minimum atomic E-state index is -5.17. The van der Waals surface area contributed by atoms with Gasteiger partial charge >= 0.3 is 6.18 Å². The number of aliphatic hydroxyl groups is 1. The summed E-state index contributed by atoms with van der Waals surface area (Å²) in [5.74, 6) is -1.57. The Morgan fingerprint density at radius 1 is 1.38 bits per heavy atom. The molecule has 0 fully saturated rings.